The second kappa shape index (κ2) is 9.58. The highest BCUT2D eigenvalue weighted by molar-refractivity contribution is 6.30. The number of nitrogens with zero attached hydrogens (tertiary/aromatic N) is 3. The number of hydrogen-bond acceptors (Lipinski definition) is 5. The van der Waals surface area contributed by atoms with Crippen molar-refractivity contribution in [3.63, 3.8) is 0 Å². The van der Waals surface area contributed by atoms with Crippen LogP contribution in [0.5, 0.6) is 0 Å². The smallest absolute Gasteiger partial charge is 0.319 e. The van der Waals surface area contributed by atoms with Crippen molar-refractivity contribution in [3.05, 3.63) is 63.2 Å². The number of rotatable bonds is 6. The first kappa shape index (κ1) is 20.9. The molecular formula is C20H24ClN5O3. The van der Waals surface area contributed by atoms with E-state index in [1.54, 1.807) is 36.4 Å². The Morgan fingerprint density at radius 1 is 1.14 bits per heavy atom. The zero-order chi connectivity index (χ0) is 20.8. The normalized spacial score (nSPS) is 14.5. The zero-order valence-corrected chi connectivity index (χ0v) is 17.0. The van der Waals surface area contributed by atoms with E-state index in [1.165, 1.54) is 0 Å². The molecule has 8 nitrogen and oxygen atoms in total. The van der Waals surface area contributed by atoms with Crippen molar-refractivity contribution in [2.24, 2.45) is 0 Å². The molecule has 1 saturated heterocycles. The predicted octanol–water partition coefficient (Wildman–Crippen LogP) is 3.50. The summed E-state index contributed by atoms with van der Waals surface area (Å²) < 4.78 is 0. The Morgan fingerprint density at radius 2 is 1.83 bits per heavy atom. The molecule has 3 rings (SSSR count). The van der Waals surface area contributed by atoms with Gasteiger partial charge in [-0.15, -0.1) is 0 Å². The Bertz CT molecular complexity index is 867. The van der Waals surface area contributed by atoms with Gasteiger partial charge in [0, 0.05) is 56.0 Å². The Morgan fingerprint density at radius 3 is 2.48 bits per heavy atom. The molecule has 1 heterocycles. The Hall–Kier alpha value is -2.84. The van der Waals surface area contributed by atoms with Gasteiger partial charge in [-0.1, -0.05) is 17.7 Å². The van der Waals surface area contributed by atoms with Crippen LogP contribution in [0.1, 0.15) is 5.56 Å². The van der Waals surface area contributed by atoms with E-state index in [2.05, 4.69) is 20.4 Å². The van der Waals surface area contributed by atoms with Gasteiger partial charge in [-0.05, 0) is 42.8 Å². The molecule has 0 radical (unpaired) electrons. The number of piperazine rings is 1. The number of nitro groups is 1. The van der Waals surface area contributed by atoms with Gasteiger partial charge in [0.2, 0.25) is 0 Å². The van der Waals surface area contributed by atoms with Crippen molar-refractivity contribution in [1.29, 1.82) is 0 Å². The summed E-state index contributed by atoms with van der Waals surface area (Å²) in [7, 11) is 0. The Kier molecular flexibility index (Phi) is 6.90. The van der Waals surface area contributed by atoms with Crippen LogP contribution in [0.25, 0.3) is 0 Å². The first-order valence-electron chi connectivity index (χ1n) is 9.45. The fourth-order valence-corrected chi connectivity index (χ4v) is 3.42. The molecular weight excluding hydrogens is 394 g/mol. The van der Waals surface area contributed by atoms with Gasteiger partial charge in [0.05, 0.1) is 4.92 Å². The summed E-state index contributed by atoms with van der Waals surface area (Å²) >= 11 is 5.83. The second-order valence-corrected chi connectivity index (χ2v) is 7.40. The van der Waals surface area contributed by atoms with Gasteiger partial charge < -0.3 is 15.5 Å². The maximum atomic E-state index is 12.0. The van der Waals surface area contributed by atoms with Crippen molar-refractivity contribution in [2.75, 3.05) is 49.5 Å². The zero-order valence-electron chi connectivity index (χ0n) is 16.2. The van der Waals surface area contributed by atoms with Gasteiger partial charge in [0.25, 0.3) is 5.69 Å². The topological polar surface area (TPSA) is 90.8 Å². The fraction of sp³-hybridized carbons (Fsp3) is 0.350. The number of aryl methyl sites for hydroxylation is 1. The van der Waals surface area contributed by atoms with Crippen molar-refractivity contribution >= 4 is 34.7 Å². The molecule has 2 aromatic rings. The Balaban J connectivity index is 1.43. The van der Waals surface area contributed by atoms with Crippen molar-refractivity contribution in [2.45, 2.75) is 6.92 Å². The lowest BCUT2D eigenvalue weighted by Gasteiger charge is -2.35. The summed E-state index contributed by atoms with van der Waals surface area (Å²) in [4.78, 5) is 27.2. The van der Waals surface area contributed by atoms with Crippen LogP contribution < -0.4 is 15.5 Å². The first-order valence-corrected chi connectivity index (χ1v) is 9.83. The molecule has 9 heteroatoms. The van der Waals surface area contributed by atoms with Crippen LogP contribution in [0, 0.1) is 17.0 Å². The van der Waals surface area contributed by atoms with E-state index < -0.39 is 0 Å². The van der Waals surface area contributed by atoms with Crippen LogP contribution in [0.3, 0.4) is 0 Å². The molecule has 2 amide bonds. The summed E-state index contributed by atoms with van der Waals surface area (Å²) in [5, 5.41) is 17.5. The van der Waals surface area contributed by atoms with E-state index in [0.29, 0.717) is 36.0 Å². The number of carbonyl (C=O) groups excluding carboxylic acids is 1. The summed E-state index contributed by atoms with van der Waals surface area (Å²) in [6, 6.07) is 11.9. The minimum Gasteiger partial charge on any atom is -0.363 e. The number of amides is 2. The lowest BCUT2D eigenvalue weighted by atomic mass is 10.1. The van der Waals surface area contributed by atoms with Gasteiger partial charge in [-0.25, -0.2) is 4.79 Å². The fourth-order valence-electron chi connectivity index (χ4n) is 3.29. The van der Waals surface area contributed by atoms with E-state index in [1.807, 2.05) is 13.0 Å². The maximum Gasteiger partial charge on any atom is 0.319 e. The lowest BCUT2D eigenvalue weighted by Crippen LogP contribution is -2.48. The van der Waals surface area contributed by atoms with Gasteiger partial charge in [0.15, 0.2) is 0 Å². The number of urea groups is 1. The van der Waals surface area contributed by atoms with Crippen molar-refractivity contribution in [1.82, 2.24) is 10.2 Å². The highest BCUT2D eigenvalue weighted by Gasteiger charge is 2.23. The number of nitro benzene ring substituents is 1. The van der Waals surface area contributed by atoms with E-state index in [4.69, 9.17) is 11.6 Å². The molecule has 0 aliphatic carbocycles. The number of nitrogens with one attached hydrogen (secondary N) is 2. The summed E-state index contributed by atoms with van der Waals surface area (Å²) in [5.41, 5.74) is 2.50. The molecule has 0 atom stereocenters. The Labute approximate surface area is 174 Å². The number of benzene rings is 2. The van der Waals surface area contributed by atoms with Crippen LogP contribution >= 0.6 is 11.6 Å². The molecule has 0 saturated carbocycles. The van der Waals surface area contributed by atoms with Crippen LogP contribution in [-0.2, 0) is 0 Å². The van der Waals surface area contributed by atoms with E-state index in [-0.39, 0.29) is 16.6 Å². The lowest BCUT2D eigenvalue weighted by molar-refractivity contribution is -0.384. The number of carbonyl (C=O) groups is 1. The minimum atomic E-state index is -0.329. The molecule has 1 aliphatic rings. The third kappa shape index (κ3) is 5.82. The molecule has 0 spiro atoms. The van der Waals surface area contributed by atoms with Crippen LogP contribution in [0.15, 0.2) is 42.5 Å². The highest BCUT2D eigenvalue weighted by atomic mass is 35.5. The van der Waals surface area contributed by atoms with Crippen molar-refractivity contribution < 1.29 is 9.72 Å². The van der Waals surface area contributed by atoms with Gasteiger partial charge in [0.1, 0.15) is 5.69 Å². The molecule has 0 unspecified atom stereocenters. The molecule has 2 aromatic carbocycles. The van der Waals surface area contributed by atoms with Crippen LogP contribution in [-0.4, -0.2) is 55.1 Å². The van der Waals surface area contributed by atoms with Gasteiger partial charge >= 0.3 is 6.03 Å². The van der Waals surface area contributed by atoms with E-state index in [0.717, 1.165) is 25.2 Å². The second-order valence-electron chi connectivity index (χ2n) is 6.97. The predicted molar refractivity (Wildman–Crippen MR) is 115 cm³/mol. The monoisotopic (exact) mass is 417 g/mol. The molecule has 0 aromatic heterocycles. The molecule has 1 fully saturated rings. The van der Waals surface area contributed by atoms with Gasteiger partial charge in [-0.2, -0.15) is 0 Å². The van der Waals surface area contributed by atoms with Crippen LogP contribution in [0.4, 0.5) is 21.9 Å². The summed E-state index contributed by atoms with van der Waals surface area (Å²) in [6.45, 7) is 6.16. The maximum absolute atomic E-state index is 12.0. The number of hydrogen-bond donors (Lipinski definition) is 2. The third-order valence-electron chi connectivity index (χ3n) is 4.86. The molecule has 2 N–H and O–H groups in total. The molecule has 0 bridgehead atoms. The molecule has 29 heavy (non-hydrogen) atoms. The standard InChI is InChI=1S/C20H24ClN5O3/c1-15-2-7-18(26(28)29)19(14-15)25-12-10-24(11-13-25)9-8-22-20(27)23-17-5-3-16(21)4-6-17/h2-7,14H,8-13H2,1H3,(H2,22,23,27). The molecule has 154 valence electrons. The van der Waals surface area contributed by atoms with Gasteiger partial charge in [-0.3, -0.25) is 15.0 Å². The summed E-state index contributed by atoms with van der Waals surface area (Å²) in [5.74, 6) is 0. The number of anilines is 2. The van der Waals surface area contributed by atoms with E-state index >= 15 is 0 Å². The average Bonchev–Trinajstić information content (AvgIpc) is 2.70. The quantitative estimate of drug-likeness (QED) is 0.554. The van der Waals surface area contributed by atoms with E-state index in [9.17, 15) is 14.9 Å². The highest BCUT2D eigenvalue weighted by Crippen LogP contribution is 2.29. The first-order chi connectivity index (χ1) is 13.9. The molecule has 1 aliphatic heterocycles. The van der Waals surface area contributed by atoms with Crippen molar-refractivity contribution in [3.8, 4) is 0 Å². The van der Waals surface area contributed by atoms with Crippen LogP contribution in [0.2, 0.25) is 5.02 Å². The number of halogens is 1. The third-order valence-corrected chi connectivity index (χ3v) is 5.11. The largest absolute Gasteiger partial charge is 0.363 e. The average molecular weight is 418 g/mol. The summed E-state index contributed by atoms with van der Waals surface area (Å²) in [6.07, 6.45) is 0. The SMILES string of the molecule is Cc1ccc([N+](=O)[O-])c(N2CCN(CCNC(=O)Nc3ccc(Cl)cc3)CC2)c1. The minimum absolute atomic E-state index is 0.143.